The highest BCUT2D eigenvalue weighted by atomic mass is 16.5. The first-order chi connectivity index (χ1) is 16.0. The number of piperidine rings is 1. The second-order valence-corrected chi connectivity index (χ2v) is 8.10. The van der Waals surface area contributed by atoms with E-state index in [2.05, 4.69) is 22.4 Å². The Morgan fingerprint density at radius 2 is 1.70 bits per heavy atom. The van der Waals surface area contributed by atoms with E-state index in [4.69, 9.17) is 15.5 Å². The molecular formula is C25H25N7O. The van der Waals surface area contributed by atoms with Crippen molar-refractivity contribution in [3.05, 3.63) is 64.7 Å². The van der Waals surface area contributed by atoms with E-state index in [-0.39, 0.29) is 11.9 Å². The highest BCUT2D eigenvalue weighted by Crippen LogP contribution is 2.34. The van der Waals surface area contributed by atoms with Crippen LogP contribution in [0, 0.1) is 36.5 Å². The molecular weight excluding hydrogens is 414 g/mol. The number of rotatable bonds is 5. The molecule has 3 N–H and O–H groups in total. The lowest BCUT2D eigenvalue weighted by molar-refractivity contribution is 0.439. The Balaban J connectivity index is 1.76. The molecule has 8 heteroatoms. The first-order valence-corrected chi connectivity index (χ1v) is 10.8. The Morgan fingerprint density at radius 3 is 2.36 bits per heavy atom. The number of ether oxygens (including phenoxy) is 1. The van der Waals surface area contributed by atoms with E-state index in [0.717, 1.165) is 42.7 Å². The van der Waals surface area contributed by atoms with Gasteiger partial charge in [-0.05, 0) is 81.2 Å². The van der Waals surface area contributed by atoms with Gasteiger partial charge in [0.2, 0.25) is 11.8 Å². The average Bonchev–Trinajstić information content (AvgIpc) is 2.82. The number of aromatic nitrogens is 2. The molecule has 1 aliphatic heterocycles. The predicted octanol–water partition coefficient (Wildman–Crippen LogP) is 4.10. The Bertz CT molecular complexity index is 1230. The Kier molecular flexibility index (Phi) is 6.39. The number of hydrogen-bond donors (Lipinski definition) is 2. The van der Waals surface area contributed by atoms with E-state index in [0.29, 0.717) is 28.7 Å². The second-order valence-electron chi connectivity index (χ2n) is 8.10. The molecule has 1 aliphatic rings. The zero-order valence-corrected chi connectivity index (χ0v) is 18.7. The van der Waals surface area contributed by atoms with Crippen molar-refractivity contribution in [1.29, 1.82) is 10.5 Å². The molecule has 0 radical (unpaired) electrons. The minimum Gasteiger partial charge on any atom is -0.438 e. The maximum atomic E-state index is 9.40. The van der Waals surface area contributed by atoms with Crippen LogP contribution >= 0.6 is 0 Å². The molecule has 0 spiro atoms. The third kappa shape index (κ3) is 4.87. The van der Waals surface area contributed by atoms with Crippen molar-refractivity contribution in [2.75, 3.05) is 23.7 Å². The van der Waals surface area contributed by atoms with Crippen LogP contribution in [0.3, 0.4) is 0 Å². The number of nitrogens with two attached hydrogens (primary N) is 1. The fourth-order valence-electron chi connectivity index (χ4n) is 4.15. The van der Waals surface area contributed by atoms with E-state index in [1.807, 2.05) is 36.9 Å². The molecule has 166 valence electrons. The molecule has 3 aromatic rings. The van der Waals surface area contributed by atoms with Crippen LogP contribution in [0.4, 0.5) is 17.5 Å². The van der Waals surface area contributed by atoms with Gasteiger partial charge in [0.15, 0.2) is 0 Å². The highest BCUT2D eigenvalue weighted by molar-refractivity contribution is 5.62. The predicted molar refractivity (Wildman–Crippen MR) is 126 cm³/mol. The summed E-state index contributed by atoms with van der Waals surface area (Å²) in [4.78, 5) is 11.3. The van der Waals surface area contributed by atoms with Crippen molar-refractivity contribution in [2.24, 2.45) is 0 Å². The van der Waals surface area contributed by atoms with Gasteiger partial charge in [0.05, 0.1) is 23.3 Å². The van der Waals surface area contributed by atoms with E-state index in [9.17, 15) is 10.5 Å². The van der Waals surface area contributed by atoms with E-state index in [1.165, 1.54) is 0 Å². The molecule has 0 bridgehead atoms. The number of anilines is 3. The molecule has 1 fully saturated rings. The SMILES string of the molecule is Cc1cc(C#N)cc(C)c1Oc1cc(N)nc(N(c2cccc(C#N)c2)C2CCNCC2)n1. The molecule has 4 rings (SSSR count). The molecule has 0 saturated carbocycles. The van der Waals surface area contributed by atoms with Crippen LogP contribution in [0.15, 0.2) is 42.5 Å². The van der Waals surface area contributed by atoms with Gasteiger partial charge in [-0.2, -0.15) is 20.5 Å². The zero-order chi connectivity index (χ0) is 23.4. The molecule has 0 atom stereocenters. The first-order valence-electron chi connectivity index (χ1n) is 10.8. The number of aryl methyl sites for hydroxylation is 2. The van der Waals surface area contributed by atoms with Gasteiger partial charge < -0.3 is 20.7 Å². The molecule has 2 heterocycles. The Hall–Kier alpha value is -4.14. The van der Waals surface area contributed by atoms with Gasteiger partial charge in [0.25, 0.3) is 0 Å². The van der Waals surface area contributed by atoms with Gasteiger partial charge >= 0.3 is 0 Å². The second kappa shape index (κ2) is 9.56. The maximum Gasteiger partial charge on any atom is 0.235 e. The van der Waals surface area contributed by atoms with Gasteiger partial charge in [0, 0.05) is 17.8 Å². The number of nitrogens with one attached hydrogen (secondary N) is 1. The van der Waals surface area contributed by atoms with Gasteiger partial charge in [-0.1, -0.05) is 6.07 Å². The minimum absolute atomic E-state index is 0.147. The van der Waals surface area contributed by atoms with Crippen molar-refractivity contribution < 1.29 is 4.74 Å². The summed E-state index contributed by atoms with van der Waals surface area (Å²) < 4.78 is 6.15. The van der Waals surface area contributed by atoms with E-state index in [1.54, 1.807) is 24.3 Å². The van der Waals surface area contributed by atoms with Crippen molar-refractivity contribution >= 4 is 17.5 Å². The number of nitrogens with zero attached hydrogens (tertiary/aromatic N) is 5. The van der Waals surface area contributed by atoms with Crippen LogP contribution in [0.2, 0.25) is 0 Å². The summed E-state index contributed by atoms with van der Waals surface area (Å²) in [5.74, 6) is 1.67. The van der Waals surface area contributed by atoms with Crippen molar-refractivity contribution in [2.45, 2.75) is 32.7 Å². The molecule has 33 heavy (non-hydrogen) atoms. The summed E-state index contributed by atoms with van der Waals surface area (Å²) >= 11 is 0. The van der Waals surface area contributed by atoms with Crippen molar-refractivity contribution in [3.8, 4) is 23.8 Å². The third-order valence-corrected chi connectivity index (χ3v) is 5.65. The van der Waals surface area contributed by atoms with E-state index >= 15 is 0 Å². The summed E-state index contributed by atoms with van der Waals surface area (Å²) in [6, 6.07) is 17.1. The lowest BCUT2D eigenvalue weighted by Crippen LogP contribution is -2.41. The molecule has 2 aromatic carbocycles. The monoisotopic (exact) mass is 439 g/mol. The van der Waals surface area contributed by atoms with Crippen LogP contribution in [-0.2, 0) is 0 Å². The number of nitrogen functional groups attached to an aromatic ring is 1. The summed E-state index contributed by atoms with van der Waals surface area (Å²) in [6.07, 6.45) is 1.80. The fourth-order valence-corrected chi connectivity index (χ4v) is 4.15. The van der Waals surface area contributed by atoms with Crippen LogP contribution in [-0.4, -0.2) is 29.1 Å². The zero-order valence-electron chi connectivity index (χ0n) is 18.7. The normalized spacial score (nSPS) is 13.7. The Labute approximate surface area is 193 Å². The highest BCUT2D eigenvalue weighted by Gasteiger charge is 2.26. The van der Waals surface area contributed by atoms with Crippen LogP contribution in [0.25, 0.3) is 0 Å². The molecule has 1 saturated heterocycles. The quantitative estimate of drug-likeness (QED) is 0.609. The van der Waals surface area contributed by atoms with Crippen LogP contribution in [0.1, 0.15) is 35.1 Å². The van der Waals surface area contributed by atoms with Crippen molar-refractivity contribution in [1.82, 2.24) is 15.3 Å². The van der Waals surface area contributed by atoms with Crippen LogP contribution in [0.5, 0.6) is 11.6 Å². The van der Waals surface area contributed by atoms with Gasteiger partial charge in [-0.25, -0.2) is 0 Å². The van der Waals surface area contributed by atoms with Crippen LogP contribution < -0.4 is 20.7 Å². The molecule has 1 aromatic heterocycles. The van der Waals surface area contributed by atoms with Crippen molar-refractivity contribution in [3.63, 3.8) is 0 Å². The Morgan fingerprint density at radius 1 is 1.00 bits per heavy atom. The topological polar surface area (TPSA) is 124 Å². The maximum absolute atomic E-state index is 9.40. The van der Waals surface area contributed by atoms with Gasteiger partial charge in [0.1, 0.15) is 11.6 Å². The largest absolute Gasteiger partial charge is 0.438 e. The van der Waals surface area contributed by atoms with Gasteiger partial charge in [-0.15, -0.1) is 0 Å². The lowest BCUT2D eigenvalue weighted by atomic mass is 10.0. The summed E-state index contributed by atoms with van der Waals surface area (Å²) in [5, 5.41) is 22.0. The number of benzene rings is 2. The fraction of sp³-hybridized carbons (Fsp3) is 0.280. The first kappa shape index (κ1) is 22.1. The average molecular weight is 440 g/mol. The summed E-state index contributed by atoms with van der Waals surface area (Å²) in [5.41, 5.74) is 9.82. The summed E-state index contributed by atoms with van der Waals surface area (Å²) in [7, 11) is 0. The minimum atomic E-state index is 0.147. The standard InChI is InChI=1S/C25H25N7O/c1-16-10-19(15-27)11-17(2)24(16)33-23-13-22(28)30-25(31-23)32(20-6-8-29-9-7-20)21-5-3-4-18(12-21)14-26/h3-5,10-13,20,29H,6-9H2,1-2H3,(H2,28,30,31). The third-order valence-electron chi connectivity index (χ3n) is 5.65. The smallest absolute Gasteiger partial charge is 0.235 e. The molecule has 0 amide bonds. The molecule has 8 nitrogen and oxygen atoms in total. The van der Waals surface area contributed by atoms with Gasteiger partial charge in [-0.3, -0.25) is 0 Å². The number of nitriles is 2. The molecule has 0 aliphatic carbocycles. The number of hydrogen-bond acceptors (Lipinski definition) is 8. The van der Waals surface area contributed by atoms with E-state index < -0.39 is 0 Å². The lowest BCUT2D eigenvalue weighted by Gasteiger charge is -2.35. The molecule has 0 unspecified atom stereocenters. The summed E-state index contributed by atoms with van der Waals surface area (Å²) in [6.45, 7) is 5.55.